The first kappa shape index (κ1) is 13.3. The topological polar surface area (TPSA) is 56.3 Å². The molecule has 0 bridgehead atoms. The molecule has 1 heterocycles. The van der Waals surface area contributed by atoms with Gasteiger partial charge >= 0.3 is 0 Å². The summed E-state index contributed by atoms with van der Waals surface area (Å²) in [6.07, 6.45) is 2.17. The molecule has 6 heteroatoms. The van der Waals surface area contributed by atoms with E-state index in [2.05, 4.69) is 4.98 Å². The molecule has 0 N–H and O–H groups in total. The fourth-order valence-corrected chi connectivity index (χ4v) is 2.51. The molecule has 1 aromatic heterocycles. The lowest BCUT2D eigenvalue weighted by Crippen LogP contribution is -2.16. The van der Waals surface area contributed by atoms with E-state index in [-0.39, 0.29) is 23.3 Å². The van der Waals surface area contributed by atoms with Crippen LogP contribution in [0, 0.1) is 0 Å². The molecule has 1 rings (SSSR count). The van der Waals surface area contributed by atoms with E-state index < -0.39 is 9.84 Å². The molecule has 0 aliphatic rings. The van der Waals surface area contributed by atoms with Crippen LogP contribution in [0.4, 0.5) is 0 Å². The highest BCUT2D eigenvalue weighted by atomic mass is 35.5. The number of ether oxygens (including phenoxy) is 1. The van der Waals surface area contributed by atoms with Crippen molar-refractivity contribution < 1.29 is 13.2 Å². The molecule has 90 valence electrons. The van der Waals surface area contributed by atoms with E-state index in [9.17, 15) is 8.42 Å². The molecule has 1 aromatic rings. The highest BCUT2D eigenvalue weighted by Crippen LogP contribution is 2.20. The van der Waals surface area contributed by atoms with E-state index in [0.717, 1.165) is 0 Å². The van der Waals surface area contributed by atoms with Crippen LogP contribution in [0.2, 0.25) is 5.15 Å². The molecule has 0 radical (unpaired) electrons. The molecule has 0 fully saturated rings. The lowest BCUT2D eigenvalue weighted by atomic mass is 10.5. The van der Waals surface area contributed by atoms with Crippen molar-refractivity contribution in [3.8, 4) is 5.75 Å². The van der Waals surface area contributed by atoms with Crippen LogP contribution < -0.4 is 4.74 Å². The maximum atomic E-state index is 11.4. The van der Waals surface area contributed by atoms with Gasteiger partial charge in [0, 0.05) is 6.20 Å². The Morgan fingerprint density at radius 1 is 1.44 bits per heavy atom. The van der Waals surface area contributed by atoms with Crippen LogP contribution in [-0.2, 0) is 9.84 Å². The smallest absolute Gasteiger partial charge is 0.171 e. The Hall–Kier alpha value is -0.810. The normalized spacial score (nSPS) is 11.4. The Kier molecular flexibility index (Phi) is 5.02. The van der Waals surface area contributed by atoms with Crippen LogP contribution in [0.15, 0.2) is 18.3 Å². The van der Waals surface area contributed by atoms with Gasteiger partial charge in [-0.1, -0.05) is 18.5 Å². The quantitative estimate of drug-likeness (QED) is 0.736. The van der Waals surface area contributed by atoms with E-state index in [0.29, 0.717) is 12.2 Å². The van der Waals surface area contributed by atoms with E-state index in [4.69, 9.17) is 16.3 Å². The summed E-state index contributed by atoms with van der Waals surface area (Å²) in [6, 6.07) is 3.34. The Balaban J connectivity index is 2.45. The van der Waals surface area contributed by atoms with Crippen molar-refractivity contribution in [2.75, 3.05) is 18.1 Å². The third-order valence-corrected chi connectivity index (χ3v) is 3.99. The van der Waals surface area contributed by atoms with Gasteiger partial charge in [-0.25, -0.2) is 13.4 Å². The summed E-state index contributed by atoms with van der Waals surface area (Å²) < 4.78 is 28.0. The van der Waals surface area contributed by atoms with Gasteiger partial charge in [0.05, 0.1) is 11.5 Å². The Labute approximate surface area is 101 Å². The van der Waals surface area contributed by atoms with Crippen molar-refractivity contribution >= 4 is 21.4 Å². The van der Waals surface area contributed by atoms with E-state index in [1.165, 1.54) is 0 Å². The largest absolute Gasteiger partial charge is 0.489 e. The van der Waals surface area contributed by atoms with Gasteiger partial charge in [-0.05, 0) is 18.6 Å². The molecule has 0 aliphatic heterocycles. The predicted octanol–water partition coefficient (Wildman–Crippen LogP) is 1.94. The second-order valence-electron chi connectivity index (χ2n) is 3.29. The van der Waals surface area contributed by atoms with Gasteiger partial charge in [0.15, 0.2) is 20.7 Å². The highest BCUT2D eigenvalue weighted by molar-refractivity contribution is 7.91. The Bertz CT molecular complexity index is 433. The van der Waals surface area contributed by atoms with E-state index >= 15 is 0 Å². The fourth-order valence-electron chi connectivity index (χ4n) is 1.17. The number of hydrogen-bond acceptors (Lipinski definition) is 4. The first-order chi connectivity index (χ1) is 7.55. The number of sulfone groups is 1. The minimum absolute atomic E-state index is 0.00602. The van der Waals surface area contributed by atoms with Gasteiger partial charge in [-0.2, -0.15) is 0 Å². The molecule has 0 unspecified atom stereocenters. The summed E-state index contributed by atoms with van der Waals surface area (Å²) >= 11 is 5.75. The van der Waals surface area contributed by atoms with Gasteiger partial charge in [-0.15, -0.1) is 0 Å². The molecular formula is C10H14ClNO3S. The molecule has 0 aromatic carbocycles. The molecule has 4 nitrogen and oxygen atoms in total. The zero-order valence-corrected chi connectivity index (χ0v) is 10.6. The third-order valence-electron chi connectivity index (χ3n) is 1.89. The molecule has 0 spiro atoms. The summed E-state index contributed by atoms with van der Waals surface area (Å²) in [5, 5.41) is 0.246. The van der Waals surface area contributed by atoms with Crippen LogP contribution in [0.25, 0.3) is 0 Å². The van der Waals surface area contributed by atoms with Crippen LogP contribution >= 0.6 is 11.6 Å². The number of rotatable bonds is 6. The number of hydrogen-bond donors (Lipinski definition) is 0. The SMILES string of the molecule is CCCS(=O)(=O)CCOc1cccnc1Cl. The zero-order chi connectivity index (χ0) is 12.0. The number of pyridine rings is 1. The first-order valence-electron chi connectivity index (χ1n) is 4.99. The van der Waals surface area contributed by atoms with Crippen molar-refractivity contribution in [3.05, 3.63) is 23.5 Å². The van der Waals surface area contributed by atoms with Crippen molar-refractivity contribution in [1.82, 2.24) is 4.98 Å². The summed E-state index contributed by atoms with van der Waals surface area (Å²) in [6.45, 7) is 1.93. The van der Waals surface area contributed by atoms with Gasteiger partial charge < -0.3 is 4.74 Å². The summed E-state index contributed by atoms with van der Waals surface area (Å²) in [5.74, 6) is 0.610. The van der Waals surface area contributed by atoms with E-state index in [1.54, 1.807) is 18.3 Å². The fraction of sp³-hybridized carbons (Fsp3) is 0.500. The molecule has 0 saturated carbocycles. The Morgan fingerprint density at radius 3 is 2.81 bits per heavy atom. The maximum Gasteiger partial charge on any atom is 0.171 e. The van der Waals surface area contributed by atoms with Crippen molar-refractivity contribution in [1.29, 1.82) is 0 Å². The molecule has 0 aliphatic carbocycles. The predicted molar refractivity (Wildman–Crippen MR) is 63.7 cm³/mol. The minimum Gasteiger partial charge on any atom is -0.489 e. The van der Waals surface area contributed by atoms with E-state index in [1.807, 2.05) is 6.92 Å². The standard InChI is InChI=1S/C10H14ClNO3S/c1-2-7-16(13,14)8-6-15-9-4-3-5-12-10(9)11/h3-5H,2,6-8H2,1H3. The lowest BCUT2D eigenvalue weighted by Gasteiger charge is -2.07. The maximum absolute atomic E-state index is 11.4. The van der Waals surface area contributed by atoms with Crippen molar-refractivity contribution in [3.63, 3.8) is 0 Å². The zero-order valence-electron chi connectivity index (χ0n) is 9.02. The number of nitrogens with zero attached hydrogens (tertiary/aromatic N) is 1. The molecule has 0 amide bonds. The molecular weight excluding hydrogens is 250 g/mol. The van der Waals surface area contributed by atoms with Crippen LogP contribution in [0.3, 0.4) is 0 Å². The van der Waals surface area contributed by atoms with Crippen LogP contribution in [-0.4, -0.2) is 31.5 Å². The third kappa shape index (κ3) is 4.37. The molecule has 16 heavy (non-hydrogen) atoms. The number of aromatic nitrogens is 1. The van der Waals surface area contributed by atoms with Gasteiger partial charge in [-0.3, -0.25) is 0 Å². The summed E-state index contributed by atoms with van der Waals surface area (Å²) in [7, 11) is -3.00. The Morgan fingerprint density at radius 2 is 2.19 bits per heavy atom. The summed E-state index contributed by atoms with van der Waals surface area (Å²) in [4.78, 5) is 3.82. The van der Waals surface area contributed by atoms with Gasteiger partial charge in [0.25, 0.3) is 0 Å². The molecule has 0 saturated heterocycles. The monoisotopic (exact) mass is 263 g/mol. The van der Waals surface area contributed by atoms with Gasteiger partial charge in [0.2, 0.25) is 0 Å². The molecule has 0 atom stereocenters. The number of halogens is 1. The van der Waals surface area contributed by atoms with Crippen molar-refractivity contribution in [2.24, 2.45) is 0 Å². The second kappa shape index (κ2) is 6.06. The van der Waals surface area contributed by atoms with Crippen molar-refractivity contribution in [2.45, 2.75) is 13.3 Å². The van der Waals surface area contributed by atoms with Crippen LogP contribution in [0.1, 0.15) is 13.3 Å². The lowest BCUT2D eigenvalue weighted by molar-refractivity contribution is 0.339. The van der Waals surface area contributed by atoms with Gasteiger partial charge in [0.1, 0.15) is 6.61 Å². The average molecular weight is 264 g/mol. The van der Waals surface area contributed by atoms with Crippen LogP contribution in [0.5, 0.6) is 5.75 Å². The summed E-state index contributed by atoms with van der Waals surface area (Å²) in [5.41, 5.74) is 0. The minimum atomic E-state index is -3.00. The average Bonchev–Trinajstić information content (AvgIpc) is 2.20. The second-order valence-corrected chi connectivity index (χ2v) is 5.95. The first-order valence-corrected chi connectivity index (χ1v) is 7.19. The highest BCUT2D eigenvalue weighted by Gasteiger charge is 2.10.